The summed E-state index contributed by atoms with van der Waals surface area (Å²) in [6.45, 7) is 2.68. The van der Waals surface area contributed by atoms with E-state index in [1.165, 1.54) is 12.1 Å². The molecule has 1 N–H and O–H groups in total. The quantitative estimate of drug-likeness (QED) is 0.668. The lowest BCUT2D eigenvalue weighted by Gasteiger charge is -2.22. The molecule has 0 aliphatic heterocycles. The maximum absolute atomic E-state index is 14.2. The summed E-state index contributed by atoms with van der Waals surface area (Å²) in [5.74, 6) is -0.723. The summed E-state index contributed by atoms with van der Waals surface area (Å²) < 4.78 is 29.8. The summed E-state index contributed by atoms with van der Waals surface area (Å²) in [7, 11) is 0. The topological polar surface area (TPSA) is 12.0 Å². The van der Waals surface area contributed by atoms with Crippen LogP contribution in [0, 0.1) is 11.6 Å². The number of benzene rings is 2. The van der Waals surface area contributed by atoms with Gasteiger partial charge in [0.05, 0.1) is 6.04 Å². The number of halogens is 4. The van der Waals surface area contributed by atoms with E-state index in [-0.39, 0.29) is 11.6 Å². The number of hydrogen-bond acceptors (Lipinski definition) is 1. The first-order chi connectivity index (χ1) is 10.0. The van der Waals surface area contributed by atoms with Gasteiger partial charge in [-0.3, -0.25) is 0 Å². The first kappa shape index (κ1) is 16.6. The van der Waals surface area contributed by atoms with E-state index in [0.29, 0.717) is 22.1 Å². The Labute approximate surface area is 140 Å². The Bertz CT molecular complexity index is 611. The van der Waals surface area contributed by atoms with Crippen LogP contribution < -0.4 is 5.32 Å². The minimum Gasteiger partial charge on any atom is -0.306 e. The van der Waals surface area contributed by atoms with Gasteiger partial charge >= 0.3 is 0 Å². The molecule has 0 saturated carbocycles. The van der Waals surface area contributed by atoms with Crippen LogP contribution in [0.2, 0.25) is 0 Å². The highest BCUT2D eigenvalue weighted by molar-refractivity contribution is 9.10. The molecule has 21 heavy (non-hydrogen) atoms. The van der Waals surface area contributed by atoms with E-state index in [1.807, 2.05) is 6.92 Å². The molecule has 0 radical (unpaired) electrons. The van der Waals surface area contributed by atoms with E-state index < -0.39 is 6.04 Å². The molecule has 0 amide bonds. The minimum absolute atomic E-state index is 0.359. The molecule has 1 unspecified atom stereocenters. The second kappa shape index (κ2) is 7.47. The van der Waals surface area contributed by atoms with Gasteiger partial charge < -0.3 is 5.32 Å². The molecule has 0 spiro atoms. The Morgan fingerprint density at radius 3 is 2.52 bits per heavy atom. The lowest BCUT2D eigenvalue weighted by Crippen LogP contribution is -2.25. The van der Waals surface area contributed by atoms with Gasteiger partial charge in [0.15, 0.2) is 0 Å². The summed E-state index contributed by atoms with van der Waals surface area (Å²) in [6.07, 6.45) is 0.873. The van der Waals surface area contributed by atoms with Gasteiger partial charge in [0, 0.05) is 20.1 Å². The van der Waals surface area contributed by atoms with Gasteiger partial charge in [0.2, 0.25) is 0 Å². The fraction of sp³-hybridized carbons (Fsp3) is 0.250. The molecule has 2 aromatic carbocycles. The molecule has 112 valence electrons. The van der Waals surface area contributed by atoms with Crippen molar-refractivity contribution in [2.24, 2.45) is 0 Å². The third-order valence-electron chi connectivity index (χ3n) is 3.16. The zero-order valence-corrected chi connectivity index (χ0v) is 14.6. The lowest BCUT2D eigenvalue weighted by atomic mass is 9.97. The van der Waals surface area contributed by atoms with Crippen LogP contribution in [-0.4, -0.2) is 6.54 Å². The van der Waals surface area contributed by atoms with Gasteiger partial charge in [0.1, 0.15) is 11.6 Å². The van der Waals surface area contributed by atoms with E-state index in [2.05, 4.69) is 37.2 Å². The highest BCUT2D eigenvalue weighted by Crippen LogP contribution is 2.33. The van der Waals surface area contributed by atoms with Crippen LogP contribution in [0.3, 0.4) is 0 Å². The van der Waals surface area contributed by atoms with Gasteiger partial charge in [0.25, 0.3) is 0 Å². The van der Waals surface area contributed by atoms with Crippen LogP contribution >= 0.6 is 31.9 Å². The highest BCUT2D eigenvalue weighted by Gasteiger charge is 2.23. The normalized spacial score (nSPS) is 12.4. The van der Waals surface area contributed by atoms with Crippen molar-refractivity contribution < 1.29 is 8.78 Å². The smallest absolute Gasteiger partial charge is 0.129 e. The summed E-state index contributed by atoms with van der Waals surface area (Å²) in [4.78, 5) is 0. The lowest BCUT2D eigenvalue weighted by molar-refractivity contribution is 0.518. The van der Waals surface area contributed by atoms with Crippen LogP contribution in [-0.2, 0) is 0 Å². The maximum Gasteiger partial charge on any atom is 0.129 e. The van der Waals surface area contributed by atoms with Crippen LogP contribution in [0.25, 0.3) is 0 Å². The predicted molar refractivity (Wildman–Crippen MR) is 88.3 cm³/mol. The Kier molecular flexibility index (Phi) is 5.90. The molecule has 1 atom stereocenters. The Morgan fingerprint density at radius 1 is 1.10 bits per heavy atom. The van der Waals surface area contributed by atoms with E-state index in [9.17, 15) is 8.78 Å². The molecule has 1 nitrogen and oxygen atoms in total. The van der Waals surface area contributed by atoms with Crippen LogP contribution in [0.1, 0.15) is 30.5 Å². The van der Waals surface area contributed by atoms with E-state index in [1.54, 1.807) is 24.3 Å². The SMILES string of the molecule is CCCNC(c1cc(Br)ccc1F)c1c(F)cccc1Br. The molecule has 0 fully saturated rings. The third kappa shape index (κ3) is 3.90. The van der Waals surface area contributed by atoms with E-state index in [0.717, 1.165) is 10.9 Å². The highest BCUT2D eigenvalue weighted by atomic mass is 79.9. The van der Waals surface area contributed by atoms with Crippen molar-refractivity contribution in [1.82, 2.24) is 5.32 Å². The fourth-order valence-electron chi connectivity index (χ4n) is 2.18. The van der Waals surface area contributed by atoms with Crippen molar-refractivity contribution in [3.8, 4) is 0 Å². The van der Waals surface area contributed by atoms with Crippen LogP contribution in [0.15, 0.2) is 45.3 Å². The van der Waals surface area contributed by atoms with Crippen molar-refractivity contribution in [1.29, 1.82) is 0 Å². The molecule has 2 aromatic rings. The third-order valence-corrected chi connectivity index (χ3v) is 4.34. The van der Waals surface area contributed by atoms with E-state index in [4.69, 9.17) is 0 Å². The van der Waals surface area contributed by atoms with E-state index >= 15 is 0 Å². The summed E-state index contributed by atoms with van der Waals surface area (Å²) in [5.41, 5.74) is 0.839. The summed E-state index contributed by atoms with van der Waals surface area (Å²) >= 11 is 6.71. The average molecular weight is 419 g/mol. The standard InChI is InChI=1S/C16H15Br2F2N/c1-2-8-21-16(11-9-10(17)6-7-13(11)19)15-12(18)4-3-5-14(15)20/h3-7,9,16,21H,2,8H2,1H3. The molecule has 0 aliphatic carbocycles. The molecular weight excluding hydrogens is 404 g/mol. The van der Waals surface area contributed by atoms with Gasteiger partial charge in [-0.15, -0.1) is 0 Å². The molecule has 0 saturated heterocycles. The van der Waals surface area contributed by atoms with Crippen molar-refractivity contribution >= 4 is 31.9 Å². The second-order valence-electron chi connectivity index (χ2n) is 4.69. The Hall–Kier alpha value is -0.780. The second-order valence-corrected chi connectivity index (χ2v) is 6.46. The van der Waals surface area contributed by atoms with Gasteiger partial charge in [-0.2, -0.15) is 0 Å². The molecule has 0 aromatic heterocycles. The van der Waals surface area contributed by atoms with Gasteiger partial charge in [-0.05, 0) is 43.3 Å². The molecule has 2 rings (SSSR count). The summed E-state index contributed by atoms with van der Waals surface area (Å²) in [6, 6.07) is 8.92. The van der Waals surface area contributed by atoms with Crippen molar-refractivity contribution in [3.63, 3.8) is 0 Å². The molecule has 0 bridgehead atoms. The van der Waals surface area contributed by atoms with Crippen LogP contribution in [0.5, 0.6) is 0 Å². The predicted octanol–water partition coefficient (Wildman–Crippen LogP) is 5.58. The summed E-state index contributed by atoms with van der Waals surface area (Å²) in [5, 5.41) is 3.22. The molecule has 0 aliphatic rings. The Balaban J connectivity index is 2.55. The average Bonchev–Trinajstić information content (AvgIpc) is 2.45. The van der Waals surface area contributed by atoms with Crippen molar-refractivity contribution in [2.45, 2.75) is 19.4 Å². The number of hydrogen-bond donors (Lipinski definition) is 1. The monoisotopic (exact) mass is 417 g/mol. The van der Waals surface area contributed by atoms with Gasteiger partial charge in [-0.25, -0.2) is 8.78 Å². The zero-order valence-electron chi connectivity index (χ0n) is 11.5. The first-order valence-electron chi connectivity index (χ1n) is 6.66. The minimum atomic E-state index is -0.543. The zero-order chi connectivity index (χ0) is 15.4. The first-order valence-corrected chi connectivity index (χ1v) is 8.25. The van der Waals surface area contributed by atoms with Crippen molar-refractivity contribution in [3.05, 3.63) is 68.1 Å². The fourth-order valence-corrected chi connectivity index (χ4v) is 3.13. The number of rotatable bonds is 5. The Morgan fingerprint density at radius 2 is 1.86 bits per heavy atom. The molecule has 0 heterocycles. The maximum atomic E-state index is 14.2. The largest absolute Gasteiger partial charge is 0.306 e. The van der Waals surface area contributed by atoms with Crippen molar-refractivity contribution in [2.75, 3.05) is 6.54 Å². The molecular formula is C16H15Br2F2N. The van der Waals surface area contributed by atoms with Crippen LogP contribution in [0.4, 0.5) is 8.78 Å². The molecule has 5 heteroatoms. The van der Waals surface area contributed by atoms with Gasteiger partial charge in [-0.1, -0.05) is 44.8 Å². The number of nitrogens with one attached hydrogen (secondary N) is 1.